The van der Waals surface area contributed by atoms with Crippen molar-refractivity contribution in [3.63, 3.8) is 0 Å². The van der Waals surface area contributed by atoms with Crippen molar-refractivity contribution in [2.24, 2.45) is 0 Å². The van der Waals surface area contributed by atoms with Gasteiger partial charge in [-0.2, -0.15) is 0 Å². The van der Waals surface area contributed by atoms with E-state index >= 15 is 0 Å². The fourth-order valence-corrected chi connectivity index (χ4v) is 2.00. The molecule has 0 aliphatic carbocycles. The lowest BCUT2D eigenvalue weighted by Gasteiger charge is -2.28. The fourth-order valence-electron chi connectivity index (χ4n) is 2.00. The van der Waals surface area contributed by atoms with Gasteiger partial charge in [-0.15, -0.1) is 0 Å². The predicted molar refractivity (Wildman–Crippen MR) is 69.2 cm³/mol. The standard InChI is InChI=1S/C13H20FN3O/c1-2-4-15-10-11-3-5-16-13(12(11)14)17-6-8-18-9-7-17/h3,5,15H,2,4,6-10H2,1H3. The molecule has 0 atom stereocenters. The number of ether oxygens (including phenoxy) is 1. The van der Waals surface area contributed by atoms with Crippen LogP contribution in [0.4, 0.5) is 10.2 Å². The molecule has 0 radical (unpaired) electrons. The van der Waals surface area contributed by atoms with E-state index in [1.54, 1.807) is 12.3 Å². The van der Waals surface area contributed by atoms with Crippen molar-refractivity contribution in [3.05, 3.63) is 23.6 Å². The van der Waals surface area contributed by atoms with Gasteiger partial charge in [-0.05, 0) is 19.0 Å². The van der Waals surface area contributed by atoms with Gasteiger partial charge in [0, 0.05) is 31.4 Å². The molecule has 1 aromatic rings. The van der Waals surface area contributed by atoms with Crippen LogP contribution in [-0.4, -0.2) is 37.8 Å². The van der Waals surface area contributed by atoms with E-state index in [9.17, 15) is 4.39 Å². The van der Waals surface area contributed by atoms with E-state index in [1.807, 2.05) is 4.90 Å². The second kappa shape index (κ2) is 6.66. The Morgan fingerprint density at radius 2 is 2.22 bits per heavy atom. The van der Waals surface area contributed by atoms with Crippen molar-refractivity contribution in [1.82, 2.24) is 10.3 Å². The Balaban J connectivity index is 2.08. The zero-order chi connectivity index (χ0) is 12.8. The molecule has 1 fully saturated rings. The number of anilines is 1. The van der Waals surface area contributed by atoms with Crippen LogP contribution in [0.1, 0.15) is 18.9 Å². The Hall–Kier alpha value is -1.20. The minimum atomic E-state index is -0.206. The summed E-state index contributed by atoms with van der Waals surface area (Å²) < 4.78 is 19.6. The summed E-state index contributed by atoms with van der Waals surface area (Å²) in [6, 6.07) is 1.74. The maximum atomic E-state index is 14.3. The molecule has 5 heteroatoms. The Kier molecular flexibility index (Phi) is 4.90. The average Bonchev–Trinajstić information content (AvgIpc) is 2.42. The number of hydrogen-bond acceptors (Lipinski definition) is 4. The average molecular weight is 253 g/mol. The molecule has 4 nitrogen and oxygen atoms in total. The van der Waals surface area contributed by atoms with Crippen LogP contribution in [0.25, 0.3) is 0 Å². The maximum absolute atomic E-state index is 14.3. The summed E-state index contributed by atoms with van der Waals surface area (Å²) in [6.07, 6.45) is 2.72. The van der Waals surface area contributed by atoms with Crippen LogP contribution >= 0.6 is 0 Å². The van der Waals surface area contributed by atoms with E-state index in [4.69, 9.17) is 4.74 Å². The first kappa shape index (κ1) is 13.2. The first-order valence-electron chi connectivity index (χ1n) is 6.49. The molecule has 1 saturated heterocycles. The van der Waals surface area contributed by atoms with Crippen molar-refractivity contribution in [1.29, 1.82) is 0 Å². The molecule has 18 heavy (non-hydrogen) atoms. The molecule has 1 aliphatic rings. The highest BCUT2D eigenvalue weighted by molar-refractivity contribution is 5.43. The van der Waals surface area contributed by atoms with Crippen LogP contribution < -0.4 is 10.2 Å². The first-order valence-corrected chi connectivity index (χ1v) is 6.49. The van der Waals surface area contributed by atoms with Gasteiger partial charge in [0.25, 0.3) is 0 Å². The van der Waals surface area contributed by atoms with Crippen molar-refractivity contribution >= 4 is 5.82 Å². The van der Waals surface area contributed by atoms with E-state index in [2.05, 4.69) is 17.2 Å². The first-order chi connectivity index (χ1) is 8.83. The highest BCUT2D eigenvalue weighted by Crippen LogP contribution is 2.20. The predicted octanol–water partition coefficient (Wildman–Crippen LogP) is 1.56. The number of nitrogens with one attached hydrogen (secondary N) is 1. The van der Waals surface area contributed by atoms with Gasteiger partial charge in [0.05, 0.1) is 13.2 Å². The lowest BCUT2D eigenvalue weighted by atomic mass is 10.2. The number of morpholine rings is 1. The van der Waals surface area contributed by atoms with Gasteiger partial charge in [0.1, 0.15) is 0 Å². The summed E-state index contributed by atoms with van der Waals surface area (Å²) in [5, 5.41) is 3.21. The molecule has 1 aromatic heterocycles. The molecular formula is C13H20FN3O. The van der Waals surface area contributed by atoms with E-state index in [0.29, 0.717) is 44.2 Å². The highest BCUT2D eigenvalue weighted by Gasteiger charge is 2.18. The lowest BCUT2D eigenvalue weighted by molar-refractivity contribution is 0.122. The molecule has 0 spiro atoms. The number of nitrogens with zero attached hydrogens (tertiary/aromatic N) is 2. The van der Waals surface area contributed by atoms with Gasteiger partial charge in [-0.1, -0.05) is 6.92 Å². The van der Waals surface area contributed by atoms with Crippen molar-refractivity contribution in [2.45, 2.75) is 19.9 Å². The monoisotopic (exact) mass is 253 g/mol. The topological polar surface area (TPSA) is 37.4 Å². The molecule has 1 aliphatic heterocycles. The van der Waals surface area contributed by atoms with Gasteiger partial charge in [0.2, 0.25) is 0 Å². The molecule has 0 unspecified atom stereocenters. The fraction of sp³-hybridized carbons (Fsp3) is 0.615. The lowest BCUT2D eigenvalue weighted by Crippen LogP contribution is -2.37. The van der Waals surface area contributed by atoms with Crippen molar-refractivity contribution in [3.8, 4) is 0 Å². The summed E-state index contributed by atoms with van der Waals surface area (Å²) in [6.45, 7) is 6.23. The van der Waals surface area contributed by atoms with E-state index in [-0.39, 0.29) is 5.82 Å². The summed E-state index contributed by atoms with van der Waals surface area (Å²) >= 11 is 0. The largest absolute Gasteiger partial charge is 0.378 e. The van der Waals surface area contributed by atoms with Gasteiger partial charge in [-0.3, -0.25) is 0 Å². The SMILES string of the molecule is CCCNCc1ccnc(N2CCOCC2)c1F. The molecule has 0 amide bonds. The van der Waals surface area contributed by atoms with Gasteiger partial charge in [0.15, 0.2) is 11.6 Å². The van der Waals surface area contributed by atoms with Crippen LogP contribution in [0.5, 0.6) is 0 Å². The normalized spacial score (nSPS) is 16.0. The summed E-state index contributed by atoms with van der Waals surface area (Å²) in [4.78, 5) is 6.11. The smallest absolute Gasteiger partial charge is 0.170 e. The van der Waals surface area contributed by atoms with Crippen molar-refractivity contribution < 1.29 is 9.13 Å². The van der Waals surface area contributed by atoms with Crippen LogP contribution in [0.2, 0.25) is 0 Å². The van der Waals surface area contributed by atoms with E-state index < -0.39 is 0 Å². The molecular weight excluding hydrogens is 233 g/mol. The van der Waals surface area contributed by atoms with Gasteiger partial charge in [-0.25, -0.2) is 9.37 Å². The van der Waals surface area contributed by atoms with Gasteiger partial charge >= 0.3 is 0 Å². The van der Waals surface area contributed by atoms with Crippen LogP contribution in [-0.2, 0) is 11.3 Å². The minimum absolute atomic E-state index is 0.206. The Labute approximate surface area is 107 Å². The number of hydrogen-bond donors (Lipinski definition) is 1. The molecule has 0 saturated carbocycles. The van der Waals surface area contributed by atoms with Gasteiger partial charge < -0.3 is 15.0 Å². The molecule has 2 heterocycles. The van der Waals surface area contributed by atoms with Crippen LogP contribution in [0, 0.1) is 5.82 Å². The Morgan fingerprint density at radius 3 is 2.94 bits per heavy atom. The Bertz CT molecular complexity index is 380. The summed E-state index contributed by atoms with van der Waals surface area (Å²) in [5.74, 6) is 0.247. The maximum Gasteiger partial charge on any atom is 0.170 e. The molecule has 1 N–H and O–H groups in total. The third-order valence-corrected chi connectivity index (χ3v) is 3.00. The minimum Gasteiger partial charge on any atom is -0.378 e. The quantitative estimate of drug-likeness (QED) is 0.808. The second-order valence-electron chi connectivity index (χ2n) is 4.38. The third-order valence-electron chi connectivity index (χ3n) is 3.00. The zero-order valence-electron chi connectivity index (χ0n) is 10.8. The number of aromatic nitrogens is 1. The Morgan fingerprint density at radius 1 is 1.44 bits per heavy atom. The van der Waals surface area contributed by atoms with E-state index in [1.165, 1.54) is 0 Å². The van der Waals surface area contributed by atoms with Crippen molar-refractivity contribution in [2.75, 3.05) is 37.7 Å². The van der Waals surface area contributed by atoms with E-state index in [0.717, 1.165) is 13.0 Å². The number of halogens is 1. The molecule has 100 valence electrons. The number of pyridine rings is 1. The zero-order valence-corrected chi connectivity index (χ0v) is 10.8. The highest BCUT2D eigenvalue weighted by atomic mass is 19.1. The summed E-state index contributed by atoms with van der Waals surface area (Å²) in [5.41, 5.74) is 0.681. The third kappa shape index (κ3) is 3.17. The van der Waals surface area contributed by atoms with Crippen LogP contribution in [0.3, 0.4) is 0 Å². The van der Waals surface area contributed by atoms with Crippen LogP contribution in [0.15, 0.2) is 12.3 Å². The summed E-state index contributed by atoms with van der Waals surface area (Å²) in [7, 11) is 0. The second-order valence-corrected chi connectivity index (χ2v) is 4.38. The number of rotatable bonds is 5. The molecule has 0 aromatic carbocycles. The molecule has 2 rings (SSSR count). The molecule has 0 bridgehead atoms.